The number of terminal acetylenes is 1. The van der Waals surface area contributed by atoms with E-state index in [1.54, 1.807) is 0 Å². The van der Waals surface area contributed by atoms with Gasteiger partial charge in [-0.15, -0.1) is 6.42 Å². The molecule has 0 amide bonds. The van der Waals surface area contributed by atoms with Gasteiger partial charge >= 0.3 is 0 Å². The average Bonchev–Trinajstić information content (AvgIpc) is 2.63. The van der Waals surface area contributed by atoms with Gasteiger partial charge in [0.2, 0.25) is 5.95 Å². The van der Waals surface area contributed by atoms with E-state index in [9.17, 15) is 0 Å². The topological polar surface area (TPSA) is 29.9 Å². The first-order valence-corrected chi connectivity index (χ1v) is 5.77. The van der Waals surface area contributed by atoms with Crippen LogP contribution in [0.5, 0.6) is 0 Å². The summed E-state index contributed by atoms with van der Waals surface area (Å²) in [6, 6.07) is 8.05. The maximum absolute atomic E-state index is 5.52. The van der Waals surface area contributed by atoms with Crippen molar-refractivity contribution in [1.29, 1.82) is 0 Å². The Labute approximate surface area is 102 Å². The zero-order valence-corrected chi connectivity index (χ0v) is 10.4. The van der Waals surface area contributed by atoms with Crippen LogP contribution >= 0.6 is 0 Å². The minimum atomic E-state index is 0.00510. The molecule has 1 aromatic heterocycles. The number of benzene rings is 1. The first kappa shape index (κ1) is 11.5. The van der Waals surface area contributed by atoms with Crippen LogP contribution in [0.1, 0.15) is 13.8 Å². The molecule has 0 saturated heterocycles. The van der Waals surface area contributed by atoms with Crippen LogP contribution in [0.3, 0.4) is 0 Å². The zero-order chi connectivity index (χ0) is 12.4. The Morgan fingerprint density at radius 1 is 1.35 bits per heavy atom. The number of anilines is 1. The van der Waals surface area contributed by atoms with Crippen LogP contribution in [0.15, 0.2) is 24.3 Å². The molecule has 1 heterocycles. The molecule has 0 spiro atoms. The lowest BCUT2D eigenvalue weighted by molar-refractivity contribution is 0.608. The summed E-state index contributed by atoms with van der Waals surface area (Å²) >= 11 is 0. The minimum absolute atomic E-state index is 0.00510. The van der Waals surface area contributed by atoms with Gasteiger partial charge in [-0.25, -0.2) is 4.98 Å². The highest BCUT2D eigenvalue weighted by molar-refractivity contribution is 5.78. The van der Waals surface area contributed by atoms with Crippen LogP contribution in [-0.4, -0.2) is 15.6 Å². The van der Waals surface area contributed by atoms with Crippen LogP contribution in [-0.2, 0) is 7.05 Å². The number of nitrogens with one attached hydrogen (secondary N) is 1. The Bertz CT molecular complexity index is 560. The van der Waals surface area contributed by atoms with E-state index in [1.165, 1.54) is 0 Å². The molecule has 17 heavy (non-hydrogen) atoms. The molecule has 2 rings (SSSR count). The lowest BCUT2D eigenvalue weighted by atomic mass is 10.1. The van der Waals surface area contributed by atoms with Crippen LogP contribution < -0.4 is 5.32 Å². The first-order valence-electron chi connectivity index (χ1n) is 5.77. The normalized spacial score (nSPS) is 12.6. The van der Waals surface area contributed by atoms with Gasteiger partial charge in [0.25, 0.3) is 0 Å². The van der Waals surface area contributed by atoms with Gasteiger partial charge < -0.3 is 9.88 Å². The molecule has 0 aliphatic carbocycles. The van der Waals surface area contributed by atoms with E-state index in [4.69, 9.17) is 6.42 Å². The lowest BCUT2D eigenvalue weighted by Gasteiger charge is -2.17. The third-order valence-corrected chi connectivity index (χ3v) is 2.92. The molecule has 1 unspecified atom stereocenters. The molecule has 1 aromatic carbocycles. The van der Waals surface area contributed by atoms with Crippen molar-refractivity contribution < 1.29 is 0 Å². The largest absolute Gasteiger partial charge is 0.342 e. The Kier molecular flexibility index (Phi) is 3.06. The molecule has 0 aliphatic heterocycles. The van der Waals surface area contributed by atoms with Crippen molar-refractivity contribution in [3.63, 3.8) is 0 Å². The highest BCUT2D eigenvalue weighted by Crippen LogP contribution is 2.19. The number of nitrogens with zero attached hydrogens (tertiary/aromatic N) is 2. The maximum Gasteiger partial charge on any atom is 0.204 e. The van der Waals surface area contributed by atoms with Gasteiger partial charge in [-0.3, -0.25) is 0 Å². The number of fused-ring (bicyclic) bond motifs is 1. The van der Waals surface area contributed by atoms with Crippen molar-refractivity contribution in [2.75, 3.05) is 5.32 Å². The fourth-order valence-electron chi connectivity index (χ4n) is 1.81. The van der Waals surface area contributed by atoms with Crippen LogP contribution in [0.25, 0.3) is 11.0 Å². The predicted octanol–water partition coefficient (Wildman–Crippen LogP) is 2.64. The van der Waals surface area contributed by atoms with Crippen molar-refractivity contribution in [1.82, 2.24) is 9.55 Å². The van der Waals surface area contributed by atoms with Crippen LogP contribution in [0.4, 0.5) is 5.95 Å². The van der Waals surface area contributed by atoms with Gasteiger partial charge in [0.05, 0.1) is 17.1 Å². The van der Waals surface area contributed by atoms with Gasteiger partial charge in [0.1, 0.15) is 0 Å². The van der Waals surface area contributed by atoms with Crippen LogP contribution in [0.2, 0.25) is 0 Å². The number of aryl methyl sites for hydroxylation is 1. The molecule has 0 fully saturated rings. The molecule has 3 nitrogen and oxygen atoms in total. The monoisotopic (exact) mass is 227 g/mol. The zero-order valence-electron chi connectivity index (χ0n) is 10.4. The summed E-state index contributed by atoms with van der Waals surface area (Å²) in [5.41, 5.74) is 2.09. The Morgan fingerprint density at radius 3 is 2.65 bits per heavy atom. The summed E-state index contributed by atoms with van der Waals surface area (Å²) in [5.74, 6) is 3.95. The molecule has 0 radical (unpaired) electrons. The predicted molar refractivity (Wildman–Crippen MR) is 71.8 cm³/mol. The van der Waals surface area contributed by atoms with E-state index in [0.29, 0.717) is 5.92 Å². The summed E-state index contributed by atoms with van der Waals surface area (Å²) in [6.07, 6.45) is 5.52. The maximum atomic E-state index is 5.52. The standard InChI is InChI=1S/C14H17N3/c1-5-11(10(2)3)15-14-16-12-8-6-7-9-13(12)17(14)4/h1,6-11H,2-4H3,(H,15,16). The van der Waals surface area contributed by atoms with Crippen molar-refractivity contribution in [3.05, 3.63) is 24.3 Å². The highest BCUT2D eigenvalue weighted by Gasteiger charge is 2.13. The second-order valence-corrected chi connectivity index (χ2v) is 4.52. The lowest BCUT2D eigenvalue weighted by Crippen LogP contribution is -2.25. The molecule has 1 atom stereocenters. The summed E-state index contributed by atoms with van der Waals surface area (Å²) in [4.78, 5) is 4.54. The van der Waals surface area contributed by atoms with Crippen LogP contribution in [0, 0.1) is 18.3 Å². The fourth-order valence-corrected chi connectivity index (χ4v) is 1.81. The Balaban J connectivity index is 2.37. The van der Waals surface area contributed by atoms with E-state index in [2.05, 4.69) is 30.1 Å². The average molecular weight is 227 g/mol. The van der Waals surface area contributed by atoms with Gasteiger partial charge in [-0.05, 0) is 18.1 Å². The quantitative estimate of drug-likeness (QED) is 0.817. The Hall–Kier alpha value is -1.95. The van der Waals surface area contributed by atoms with E-state index in [-0.39, 0.29) is 6.04 Å². The number of aromatic nitrogens is 2. The number of para-hydroxylation sites is 2. The first-order chi connectivity index (χ1) is 8.13. The summed E-state index contributed by atoms with van der Waals surface area (Å²) in [5, 5.41) is 3.30. The number of imidazole rings is 1. The van der Waals surface area contributed by atoms with E-state index >= 15 is 0 Å². The van der Waals surface area contributed by atoms with Gasteiger partial charge in [-0.1, -0.05) is 31.9 Å². The second-order valence-electron chi connectivity index (χ2n) is 4.52. The molecule has 2 aromatic rings. The molecular formula is C14H17N3. The number of rotatable bonds is 3. The van der Waals surface area contributed by atoms with E-state index in [0.717, 1.165) is 17.0 Å². The molecular weight excluding hydrogens is 210 g/mol. The Morgan fingerprint density at radius 2 is 2.06 bits per heavy atom. The second kappa shape index (κ2) is 4.50. The number of hydrogen-bond donors (Lipinski definition) is 1. The molecule has 0 bridgehead atoms. The smallest absolute Gasteiger partial charge is 0.204 e. The van der Waals surface area contributed by atoms with Gasteiger partial charge in [0, 0.05) is 7.05 Å². The van der Waals surface area contributed by atoms with E-state index in [1.807, 2.05) is 35.9 Å². The summed E-state index contributed by atoms with van der Waals surface area (Å²) < 4.78 is 2.03. The molecule has 3 heteroatoms. The van der Waals surface area contributed by atoms with Crippen molar-refractivity contribution >= 4 is 17.0 Å². The fraction of sp³-hybridized carbons (Fsp3) is 0.357. The minimum Gasteiger partial charge on any atom is -0.342 e. The van der Waals surface area contributed by atoms with Gasteiger partial charge in [-0.2, -0.15) is 0 Å². The summed E-state index contributed by atoms with van der Waals surface area (Å²) in [7, 11) is 1.99. The SMILES string of the molecule is C#CC(Nc1nc2ccccc2n1C)C(C)C. The molecule has 0 aliphatic rings. The molecule has 1 N–H and O–H groups in total. The van der Waals surface area contributed by atoms with Crippen molar-refractivity contribution in [2.45, 2.75) is 19.9 Å². The third kappa shape index (κ3) is 2.12. The third-order valence-electron chi connectivity index (χ3n) is 2.92. The van der Waals surface area contributed by atoms with Crippen molar-refractivity contribution in [3.8, 4) is 12.3 Å². The van der Waals surface area contributed by atoms with Crippen molar-refractivity contribution in [2.24, 2.45) is 13.0 Å². The summed E-state index contributed by atoms with van der Waals surface area (Å²) in [6.45, 7) is 4.19. The highest BCUT2D eigenvalue weighted by atomic mass is 15.2. The van der Waals surface area contributed by atoms with Gasteiger partial charge in [0.15, 0.2) is 0 Å². The number of hydrogen-bond acceptors (Lipinski definition) is 2. The molecule has 88 valence electrons. The molecule has 0 saturated carbocycles. The van der Waals surface area contributed by atoms with E-state index < -0.39 is 0 Å².